The molecule has 0 amide bonds. The number of halogens is 1. The van der Waals surface area contributed by atoms with Crippen LogP contribution in [0.25, 0.3) is 0 Å². The van der Waals surface area contributed by atoms with Crippen LogP contribution in [0.5, 0.6) is 0 Å². The first-order valence-corrected chi connectivity index (χ1v) is 6.97. The Morgan fingerprint density at radius 2 is 2.19 bits per heavy atom. The predicted octanol–water partition coefficient (Wildman–Crippen LogP) is 4.07. The highest BCUT2D eigenvalue weighted by atomic mass is 35.5. The summed E-state index contributed by atoms with van der Waals surface area (Å²) in [4.78, 5) is 0. The molecule has 1 unspecified atom stereocenters. The molecule has 0 saturated carbocycles. The van der Waals surface area contributed by atoms with Gasteiger partial charge in [0.05, 0.1) is 12.7 Å². The predicted molar refractivity (Wildman–Crippen MR) is 67.9 cm³/mol. The Morgan fingerprint density at radius 3 is 2.81 bits per heavy atom. The third-order valence-corrected chi connectivity index (χ3v) is 3.46. The fourth-order valence-corrected chi connectivity index (χ4v) is 2.05. The smallest absolute Gasteiger partial charge is 0.139 e. The number of nitrogens with zero attached hydrogens (tertiary/aromatic N) is 2. The lowest BCUT2D eigenvalue weighted by molar-refractivity contribution is 0.0440. The van der Waals surface area contributed by atoms with Crippen molar-refractivity contribution in [2.75, 3.05) is 0 Å². The van der Waals surface area contributed by atoms with Crippen molar-refractivity contribution in [1.29, 1.82) is 0 Å². The molecular weight excluding hydrogens is 244 g/mol. The molecule has 0 bridgehead atoms. The van der Waals surface area contributed by atoms with E-state index < -0.39 is 0 Å². The van der Waals surface area contributed by atoms with Crippen LogP contribution in [-0.2, 0) is 11.3 Å². The van der Waals surface area contributed by atoms with E-state index >= 15 is 0 Å². The third kappa shape index (κ3) is 5.23. The van der Waals surface area contributed by atoms with Crippen molar-refractivity contribution in [3.8, 4) is 0 Å². The average Bonchev–Trinajstić information content (AvgIpc) is 2.67. The molecule has 0 aliphatic rings. The maximum absolute atomic E-state index is 5.88. The molecule has 0 aliphatic heterocycles. The van der Waals surface area contributed by atoms with Crippen molar-refractivity contribution in [2.45, 2.75) is 58.7 Å². The molecule has 0 spiro atoms. The van der Waals surface area contributed by atoms with E-state index in [1.165, 1.54) is 37.2 Å². The fourth-order valence-electron chi connectivity index (χ4n) is 1.45. The van der Waals surface area contributed by atoms with Crippen molar-refractivity contribution in [1.82, 2.24) is 9.59 Å². The summed E-state index contributed by atoms with van der Waals surface area (Å²) in [5.74, 6) is 0. The first-order valence-electron chi connectivity index (χ1n) is 5.82. The number of unbranched alkanes of at least 4 members (excludes halogenated alkanes) is 3. The van der Waals surface area contributed by atoms with Crippen LogP contribution in [0.2, 0.25) is 4.34 Å². The van der Waals surface area contributed by atoms with E-state index in [0.717, 1.165) is 12.1 Å². The van der Waals surface area contributed by atoms with Crippen LogP contribution in [0.4, 0.5) is 0 Å². The monoisotopic (exact) mass is 262 g/mol. The molecule has 1 rings (SSSR count). The molecule has 92 valence electrons. The number of hydrogen-bond acceptors (Lipinski definition) is 4. The minimum atomic E-state index is 0.273. The number of rotatable bonds is 8. The highest BCUT2D eigenvalue weighted by Crippen LogP contribution is 2.19. The summed E-state index contributed by atoms with van der Waals surface area (Å²) in [7, 11) is 0. The summed E-state index contributed by atoms with van der Waals surface area (Å²) >= 11 is 7.09. The molecule has 0 saturated heterocycles. The van der Waals surface area contributed by atoms with Crippen molar-refractivity contribution < 1.29 is 4.74 Å². The van der Waals surface area contributed by atoms with Gasteiger partial charge in [0.1, 0.15) is 10.0 Å². The second-order valence-electron chi connectivity index (χ2n) is 3.96. The van der Waals surface area contributed by atoms with Gasteiger partial charge in [0.2, 0.25) is 0 Å². The molecule has 0 fully saturated rings. The zero-order valence-corrected chi connectivity index (χ0v) is 11.5. The lowest BCUT2D eigenvalue weighted by Gasteiger charge is -2.11. The molecule has 1 aromatic rings. The van der Waals surface area contributed by atoms with Gasteiger partial charge >= 0.3 is 0 Å². The van der Waals surface area contributed by atoms with E-state index in [2.05, 4.69) is 23.4 Å². The van der Waals surface area contributed by atoms with Gasteiger partial charge in [-0.1, -0.05) is 48.7 Å². The van der Waals surface area contributed by atoms with E-state index in [4.69, 9.17) is 16.3 Å². The van der Waals surface area contributed by atoms with E-state index in [0.29, 0.717) is 10.9 Å². The van der Waals surface area contributed by atoms with Gasteiger partial charge in [0.15, 0.2) is 0 Å². The third-order valence-electron chi connectivity index (χ3n) is 2.48. The lowest BCUT2D eigenvalue weighted by atomic mass is 10.1. The SMILES string of the molecule is CCCCCCC(C)OCc1nnsc1Cl. The van der Waals surface area contributed by atoms with Crippen molar-refractivity contribution in [3.63, 3.8) is 0 Å². The zero-order chi connectivity index (χ0) is 11.8. The Labute approximate surface area is 106 Å². The van der Waals surface area contributed by atoms with Gasteiger partial charge in [-0.25, -0.2) is 0 Å². The average molecular weight is 263 g/mol. The Morgan fingerprint density at radius 1 is 1.38 bits per heavy atom. The molecule has 0 radical (unpaired) electrons. The minimum absolute atomic E-state index is 0.273. The maximum atomic E-state index is 5.88. The zero-order valence-electron chi connectivity index (χ0n) is 9.91. The van der Waals surface area contributed by atoms with Crippen LogP contribution in [0.3, 0.4) is 0 Å². The van der Waals surface area contributed by atoms with E-state index in [1.54, 1.807) is 0 Å². The van der Waals surface area contributed by atoms with Crippen LogP contribution in [0.1, 0.15) is 51.6 Å². The molecule has 3 nitrogen and oxygen atoms in total. The van der Waals surface area contributed by atoms with Crippen LogP contribution in [-0.4, -0.2) is 15.7 Å². The van der Waals surface area contributed by atoms with Crippen LogP contribution < -0.4 is 0 Å². The van der Waals surface area contributed by atoms with E-state index in [9.17, 15) is 0 Å². The number of aromatic nitrogens is 2. The van der Waals surface area contributed by atoms with Gasteiger partial charge in [0, 0.05) is 11.5 Å². The molecule has 16 heavy (non-hydrogen) atoms. The Kier molecular flexibility index (Phi) is 6.92. The molecule has 0 aromatic carbocycles. The van der Waals surface area contributed by atoms with Crippen molar-refractivity contribution in [3.05, 3.63) is 10.0 Å². The molecule has 1 heterocycles. The molecule has 1 atom stereocenters. The Bertz CT molecular complexity index is 293. The van der Waals surface area contributed by atoms with E-state index in [-0.39, 0.29) is 6.10 Å². The fraction of sp³-hybridized carbons (Fsp3) is 0.818. The minimum Gasteiger partial charge on any atom is -0.372 e. The summed E-state index contributed by atoms with van der Waals surface area (Å²) in [6, 6.07) is 0. The molecule has 5 heteroatoms. The topological polar surface area (TPSA) is 35.0 Å². The molecule has 0 N–H and O–H groups in total. The highest BCUT2D eigenvalue weighted by molar-refractivity contribution is 7.10. The molecule has 0 aliphatic carbocycles. The Balaban J connectivity index is 2.10. The van der Waals surface area contributed by atoms with Crippen LogP contribution in [0.15, 0.2) is 0 Å². The normalized spacial score (nSPS) is 12.9. The number of hydrogen-bond donors (Lipinski definition) is 0. The summed E-state index contributed by atoms with van der Waals surface area (Å²) in [6.45, 7) is 4.79. The second-order valence-corrected chi connectivity index (χ2v) is 5.32. The first-order chi connectivity index (χ1) is 7.74. The summed E-state index contributed by atoms with van der Waals surface area (Å²) in [5.41, 5.74) is 0.757. The first kappa shape index (κ1) is 13.9. The van der Waals surface area contributed by atoms with Gasteiger partial charge in [-0.2, -0.15) is 0 Å². The van der Waals surface area contributed by atoms with Crippen molar-refractivity contribution in [2.24, 2.45) is 0 Å². The quantitative estimate of drug-likeness (QED) is 0.663. The second kappa shape index (κ2) is 7.98. The van der Waals surface area contributed by atoms with E-state index in [1.807, 2.05) is 0 Å². The molecule has 1 aromatic heterocycles. The summed E-state index contributed by atoms with van der Waals surface area (Å²) < 4.78 is 10.1. The van der Waals surface area contributed by atoms with Gasteiger partial charge in [0.25, 0.3) is 0 Å². The standard InChI is InChI=1S/C11H19ClN2OS/c1-3-4-5-6-7-9(2)15-8-10-11(12)16-14-13-10/h9H,3-8H2,1-2H3. The highest BCUT2D eigenvalue weighted by Gasteiger charge is 2.08. The molecular formula is C11H19ClN2OS. The lowest BCUT2D eigenvalue weighted by Crippen LogP contribution is -2.08. The number of ether oxygens (including phenoxy) is 1. The van der Waals surface area contributed by atoms with Gasteiger partial charge in [-0.05, 0) is 13.3 Å². The van der Waals surface area contributed by atoms with Gasteiger partial charge in [-0.3, -0.25) is 0 Å². The van der Waals surface area contributed by atoms with Gasteiger partial charge < -0.3 is 4.74 Å². The van der Waals surface area contributed by atoms with Crippen LogP contribution in [0, 0.1) is 0 Å². The Hall–Kier alpha value is -0.190. The largest absolute Gasteiger partial charge is 0.372 e. The van der Waals surface area contributed by atoms with Crippen LogP contribution >= 0.6 is 23.1 Å². The summed E-state index contributed by atoms with van der Waals surface area (Å²) in [5, 5.41) is 3.91. The maximum Gasteiger partial charge on any atom is 0.139 e. The summed E-state index contributed by atoms with van der Waals surface area (Å²) in [6.07, 6.45) is 6.50. The van der Waals surface area contributed by atoms with Gasteiger partial charge in [-0.15, -0.1) is 5.10 Å². The van der Waals surface area contributed by atoms with Crippen molar-refractivity contribution >= 4 is 23.1 Å².